The number of phosphoric ester groups is 2. The van der Waals surface area contributed by atoms with Gasteiger partial charge in [-0.05, 0) is 0 Å². The van der Waals surface area contributed by atoms with E-state index in [0.717, 1.165) is 62.3 Å². The first-order valence-corrected chi connectivity index (χ1v) is 24.5. The van der Waals surface area contributed by atoms with Gasteiger partial charge < -0.3 is 83.9 Å². The Bertz CT molecular complexity index is 2070. The summed E-state index contributed by atoms with van der Waals surface area (Å²) in [5.41, 5.74) is 5.58. The van der Waals surface area contributed by atoms with Gasteiger partial charge in [0, 0.05) is 68.9 Å². The molecule has 32 nitrogen and oxygen atoms in total. The van der Waals surface area contributed by atoms with E-state index in [2.05, 4.69) is 16.0 Å². The highest BCUT2D eigenvalue weighted by Gasteiger charge is 2.56. The van der Waals surface area contributed by atoms with Gasteiger partial charge in [0.05, 0.1) is 26.4 Å². The molecule has 2 unspecified atom stereocenters. The lowest BCUT2D eigenvalue weighted by Crippen LogP contribution is -2.67. The van der Waals surface area contributed by atoms with Gasteiger partial charge in [0.15, 0.2) is 55.5 Å². The van der Waals surface area contributed by atoms with Gasteiger partial charge in [0.2, 0.25) is 17.7 Å². The van der Waals surface area contributed by atoms with Gasteiger partial charge in [-0.15, -0.1) is 0 Å². The third-order valence-corrected chi connectivity index (χ3v) is 11.6. The quantitative estimate of drug-likeness (QED) is 0.0296. The van der Waals surface area contributed by atoms with Crippen molar-refractivity contribution in [3.05, 3.63) is 0 Å². The SMILES string of the molecule is CC(=O)N[C@@H]1[C@@H](OP(=O)(O)OC[C@H]2O[C@H](OP(=O)(O)OC[C@H]3O[C@H](OCCN)[C@@H](NC(C)=O)[C@@H](OC(C)=O)[C@@H]3OC(C)=O)[C@@H](NC(C)=O)[C@@H](OC(C)=O)[C@@H]2OC(C)=O)O[C@H](CO)[C@@H](OC(C)=O)[C@@H]1OC(C)=O. The molecule has 0 bridgehead atoms. The molecular formula is C38H60N4O28P2. The van der Waals surface area contributed by atoms with Crippen LogP contribution in [0.15, 0.2) is 0 Å². The molecule has 3 aliphatic rings. The molecule has 0 aromatic heterocycles. The van der Waals surface area contributed by atoms with Gasteiger partial charge in [0.25, 0.3) is 0 Å². The molecule has 34 heteroatoms. The second kappa shape index (κ2) is 27.5. The summed E-state index contributed by atoms with van der Waals surface area (Å²) in [7, 11) is -11.3. The summed E-state index contributed by atoms with van der Waals surface area (Å²) in [6.07, 6.45) is -21.9. The fraction of sp³-hybridized carbons (Fsp3) is 0.763. The average molecular weight is 1080 g/mol. The minimum absolute atomic E-state index is 0.0892. The largest absolute Gasteiger partial charge is 0.474 e. The van der Waals surface area contributed by atoms with E-state index in [9.17, 15) is 67.2 Å². The zero-order valence-electron chi connectivity index (χ0n) is 40.2. The standard InChI is InChI=1S/C38H60N4O28P2/c1-15(44)40-27-33(63-21(7)50)31(61-19(5)48)25(67-36(27)57-11-10-39)13-58-72(55,56)70-38-29(42-17(3)46)35(65-23(9)52)32(62-20(6)49)26(68-38)14-59-71(53,54)69-37-28(41-16(2)45)34(64-22(8)51)30(60-18(4)47)24(12-43)66-37/h24-38,43H,10-14,39H2,1-9H3,(H,40,44)(H,41,45)(H,42,46)(H,53,54)(H,55,56)/t24-,25-,26-,27+,28+,29+,30-,31-,32-,33-,34-,35-,36+,37-,38-/m1/s1. The highest BCUT2D eigenvalue weighted by Crippen LogP contribution is 2.50. The predicted molar refractivity (Wildman–Crippen MR) is 228 cm³/mol. The van der Waals surface area contributed by atoms with Crippen molar-refractivity contribution in [1.29, 1.82) is 0 Å². The van der Waals surface area contributed by atoms with Crippen molar-refractivity contribution in [2.75, 3.05) is 33.0 Å². The lowest BCUT2D eigenvalue weighted by Gasteiger charge is -2.46. The van der Waals surface area contributed by atoms with E-state index in [1.807, 2.05) is 0 Å². The zero-order valence-corrected chi connectivity index (χ0v) is 42.0. The number of aliphatic hydroxyl groups is 1. The smallest absolute Gasteiger partial charge is 0.456 e. The van der Waals surface area contributed by atoms with Crippen LogP contribution in [0, 0.1) is 0 Å². The van der Waals surface area contributed by atoms with Crippen molar-refractivity contribution in [2.45, 2.75) is 154 Å². The molecule has 3 amide bonds. The molecule has 0 radical (unpaired) electrons. The monoisotopic (exact) mass is 1080 g/mol. The summed E-state index contributed by atoms with van der Waals surface area (Å²) in [6.45, 7) is 5.00. The van der Waals surface area contributed by atoms with Crippen LogP contribution in [0.25, 0.3) is 0 Å². The summed E-state index contributed by atoms with van der Waals surface area (Å²) in [5.74, 6) is -8.56. The van der Waals surface area contributed by atoms with E-state index >= 15 is 0 Å². The Kier molecular flexibility index (Phi) is 23.5. The maximum Gasteiger partial charge on any atom is 0.474 e. The van der Waals surface area contributed by atoms with E-state index in [1.54, 1.807) is 0 Å². The summed E-state index contributed by atoms with van der Waals surface area (Å²) in [5, 5.41) is 17.1. The van der Waals surface area contributed by atoms with E-state index in [-0.39, 0.29) is 13.2 Å². The van der Waals surface area contributed by atoms with Crippen LogP contribution < -0.4 is 21.7 Å². The second-order valence-electron chi connectivity index (χ2n) is 15.8. The number of ether oxygens (including phenoxy) is 10. The Morgan fingerprint density at radius 1 is 0.472 bits per heavy atom. The number of amides is 3. The van der Waals surface area contributed by atoms with Crippen LogP contribution >= 0.6 is 15.6 Å². The number of carbonyl (C=O) groups is 9. The maximum atomic E-state index is 13.9. The Labute approximate surface area is 410 Å². The Morgan fingerprint density at radius 3 is 1.04 bits per heavy atom. The number of phosphoric acid groups is 2. The summed E-state index contributed by atoms with van der Waals surface area (Å²) < 4.78 is 103. The summed E-state index contributed by atoms with van der Waals surface area (Å²) in [6, 6.07) is -5.03. The van der Waals surface area contributed by atoms with Crippen LogP contribution in [0.1, 0.15) is 62.3 Å². The Balaban J connectivity index is 2.03. The number of hydrogen-bond donors (Lipinski definition) is 7. The van der Waals surface area contributed by atoms with E-state index in [0.29, 0.717) is 0 Å². The van der Waals surface area contributed by atoms with Crippen molar-refractivity contribution < 1.29 is 133 Å². The molecule has 3 heterocycles. The number of carbonyl (C=O) groups excluding carboxylic acids is 9. The molecule has 8 N–H and O–H groups in total. The molecule has 0 aromatic carbocycles. The molecule has 410 valence electrons. The van der Waals surface area contributed by atoms with E-state index in [4.69, 9.17) is 71.2 Å². The predicted octanol–water partition coefficient (Wildman–Crippen LogP) is -3.50. The first kappa shape index (κ1) is 61.5. The van der Waals surface area contributed by atoms with E-state index < -0.39 is 181 Å². The minimum Gasteiger partial charge on any atom is -0.456 e. The fourth-order valence-electron chi connectivity index (χ4n) is 7.45. The van der Waals surface area contributed by atoms with Gasteiger partial charge in [-0.2, -0.15) is 0 Å². The maximum absolute atomic E-state index is 13.9. The number of rotatable bonds is 23. The van der Waals surface area contributed by atoms with Gasteiger partial charge in [-0.1, -0.05) is 0 Å². The molecule has 3 saturated heterocycles. The molecule has 3 fully saturated rings. The molecule has 72 heavy (non-hydrogen) atoms. The molecule has 0 saturated carbocycles. The summed E-state index contributed by atoms with van der Waals surface area (Å²) in [4.78, 5) is 133. The van der Waals surface area contributed by atoms with Crippen molar-refractivity contribution in [3.8, 4) is 0 Å². The lowest BCUT2D eigenvalue weighted by atomic mass is 9.96. The van der Waals surface area contributed by atoms with Gasteiger partial charge in [-0.3, -0.25) is 61.2 Å². The van der Waals surface area contributed by atoms with Crippen LogP contribution in [0.3, 0.4) is 0 Å². The number of nitrogens with two attached hydrogens (primary N) is 1. The van der Waals surface area contributed by atoms with Crippen LogP contribution in [0.2, 0.25) is 0 Å². The molecule has 17 atom stereocenters. The van der Waals surface area contributed by atoms with E-state index in [1.165, 1.54) is 0 Å². The minimum atomic E-state index is -5.66. The number of hydrogen-bond acceptors (Lipinski definition) is 27. The first-order chi connectivity index (χ1) is 33.5. The molecule has 3 rings (SSSR count). The van der Waals surface area contributed by atoms with Crippen molar-refractivity contribution in [3.63, 3.8) is 0 Å². The second-order valence-corrected chi connectivity index (χ2v) is 18.6. The third kappa shape index (κ3) is 18.9. The molecule has 0 aliphatic carbocycles. The van der Waals surface area contributed by atoms with Crippen molar-refractivity contribution in [2.24, 2.45) is 5.73 Å². The number of esters is 6. The molecule has 0 spiro atoms. The highest BCUT2D eigenvalue weighted by atomic mass is 31.2. The van der Waals surface area contributed by atoms with Gasteiger partial charge in [-0.25, -0.2) is 9.13 Å². The average Bonchev–Trinajstić information content (AvgIpc) is 3.23. The highest BCUT2D eigenvalue weighted by molar-refractivity contribution is 7.47. The normalized spacial score (nSPS) is 31.9. The first-order valence-electron chi connectivity index (χ1n) is 21.5. The van der Waals surface area contributed by atoms with Gasteiger partial charge >= 0.3 is 51.5 Å². The number of nitrogens with one attached hydrogen (secondary N) is 3. The third-order valence-electron chi connectivity index (χ3n) is 9.72. The molecule has 0 aromatic rings. The zero-order chi connectivity index (χ0) is 54.4. The van der Waals surface area contributed by atoms with Crippen molar-refractivity contribution in [1.82, 2.24) is 16.0 Å². The van der Waals surface area contributed by atoms with Crippen molar-refractivity contribution >= 4 is 69.2 Å². The topological polar surface area (TPSA) is 440 Å². The Hall–Kier alpha value is -4.79. The van der Waals surface area contributed by atoms with Crippen LogP contribution in [-0.4, -0.2) is 193 Å². The van der Waals surface area contributed by atoms with Crippen LogP contribution in [-0.2, 0) is 118 Å². The molecular weight excluding hydrogens is 1020 g/mol. The van der Waals surface area contributed by atoms with Crippen LogP contribution in [0.4, 0.5) is 0 Å². The fourth-order valence-corrected chi connectivity index (χ4v) is 9.13. The lowest BCUT2D eigenvalue weighted by molar-refractivity contribution is -0.277. The van der Waals surface area contributed by atoms with Gasteiger partial charge in [0.1, 0.15) is 36.4 Å². The Morgan fingerprint density at radius 2 is 0.750 bits per heavy atom. The number of aliphatic hydroxyl groups excluding tert-OH is 1. The molecule has 3 aliphatic heterocycles. The van der Waals surface area contributed by atoms with Crippen LogP contribution in [0.5, 0.6) is 0 Å². The summed E-state index contributed by atoms with van der Waals surface area (Å²) >= 11 is 0.